The van der Waals surface area contributed by atoms with Crippen molar-refractivity contribution in [3.8, 4) is 0 Å². The van der Waals surface area contributed by atoms with E-state index in [2.05, 4.69) is 10.2 Å². The third-order valence-corrected chi connectivity index (χ3v) is 6.58. The summed E-state index contributed by atoms with van der Waals surface area (Å²) in [6, 6.07) is 5.67. The molecule has 7 nitrogen and oxygen atoms in total. The zero-order valence-corrected chi connectivity index (χ0v) is 21.7. The van der Waals surface area contributed by atoms with E-state index in [4.69, 9.17) is 9.47 Å². The summed E-state index contributed by atoms with van der Waals surface area (Å²) < 4.78 is 107. The zero-order chi connectivity index (χ0) is 29.4. The van der Waals surface area contributed by atoms with Gasteiger partial charge in [0.2, 0.25) is 0 Å². The molecule has 0 bridgehead atoms. The van der Waals surface area contributed by atoms with Crippen LogP contribution in [0.5, 0.6) is 0 Å². The van der Waals surface area contributed by atoms with Gasteiger partial charge in [0.05, 0.1) is 36.4 Å². The number of halogens is 7. The van der Waals surface area contributed by atoms with E-state index in [0.717, 1.165) is 0 Å². The van der Waals surface area contributed by atoms with Crippen LogP contribution in [0.15, 0.2) is 47.3 Å². The fourth-order valence-corrected chi connectivity index (χ4v) is 4.66. The van der Waals surface area contributed by atoms with E-state index in [0.29, 0.717) is 30.1 Å². The molecule has 3 atom stereocenters. The number of aromatic nitrogens is 3. The average molecular weight is 577 g/mol. The first-order valence-corrected chi connectivity index (χ1v) is 12.4. The number of aromatic amines is 1. The Bertz CT molecular complexity index is 1330. The van der Waals surface area contributed by atoms with Crippen molar-refractivity contribution >= 4 is 0 Å². The highest BCUT2D eigenvalue weighted by molar-refractivity contribution is 5.34. The van der Waals surface area contributed by atoms with Gasteiger partial charge in [-0.15, -0.1) is 0 Å². The molecule has 0 saturated carbocycles. The molecule has 0 aliphatic carbocycles. The predicted octanol–water partition coefficient (Wildman–Crippen LogP) is 6.01. The molecule has 1 aliphatic rings. The Morgan fingerprint density at radius 2 is 1.62 bits per heavy atom. The minimum absolute atomic E-state index is 0.0501. The highest BCUT2D eigenvalue weighted by Gasteiger charge is 2.39. The number of nitrogens with zero attached hydrogens (tertiary/aromatic N) is 3. The maximum atomic E-state index is 13.7. The minimum atomic E-state index is -5.01. The van der Waals surface area contributed by atoms with E-state index >= 15 is 0 Å². The smallest absolute Gasteiger partial charge is 0.349 e. The molecule has 1 fully saturated rings. The second-order valence-electron chi connectivity index (χ2n) is 9.73. The van der Waals surface area contributed by atoms with Crippen molar-refractivity contribution in [1.82, 2.24) is 19.7 Å². The lowest BCUT2D eigenvalue weighted by Gasteiger charge is -2.42. The van der Waals surface area contributed by atoms with Crippen LogP contribution in [0, 0.1) is 5.82 Å². The van der Waals surface area contributed by atoms with Gasteiger partial charge < -0.3 is 9.47 Å². The summed E-state index contributed by atoms with van der Waals surface area (Å²) >= 11 is 0. The van der Waals surface area contributed by atoms with Crippen LogP contribution in [0.2, 0.25) is 0 Å². The molecule has 4 rings (SSSR count). The molecule has 40 heavy (non-hydrogen) atoms. The van der Waals surface area contributed by atoms with Crippen molar-refractivity contribution in [2.45, 2.75) is 64.1 Å². The number of hydrogen-bond donors (Lipinski definition) is 1. The first kappa shape index (κ1) is 29.7. The van der Waals surface area contributed by atoms with E-state index in [1.165, 1.54) is 35.8 Å². The fourth-order valence-electron chi connectivity index (χ4n) is 4.66. The second kappa shape index (κ2) is 11.3. The molecule has 0 radical (unpaired) electrons. The van der Waals surface area contributed by atoms with Gasteiger partial charge in [-0.3, -0.25) is 9.47 Å². The van der Waals surface area contributed by atoms with Gasteiger partial charge in [0, 0.05) is 12.6 Å². The van der Waals surface area contributed by atoms with Crippen molar-refractivity contribution in [2.24, 2.45) is 0 Å². The van der Waals surface area contributed by atoms with Crippen LogP contribution in [0.1, 0.15) is 67.0 Å². The first-order chi connectivity index (χ1) is 18.6. The van der Waals surface area contributed by atoms with Gasteiger partial charge in [0.1, 0.15) is 11.6 Å². The van der Waals surface area contributed by atoms with Crippen molar-refractivity contribution in [3.05, 3.63) is 86.8 Å². The Morgan fingerprint density at radius 1 is 1.02 bits per heavy atom. The molecule has 2 heterocycles. The zero-order valence-electron chi connectivity index (χ0n) is 21.7. The number of morpholine rings is 1. The summed E-state index contributed by atoms with van der Waals surface area (Å²) in [7, 11) is 0. The molecule has 1 N–H and O–H groups in total. The molecule has 0 amide bonds. The van der Waals surface area contributed by atoms with Gasteiger partial charge in [0.25, 0.3) is 0 Å². The third kappa shape index (κ3) is 6.56. The normalized spacial score (nSPS) is 19.8. The molecular weight excluding hydrogens is 549 g/mol. The summed E-state index contributed by atoms with van der Waals surface area (Å²) in [6.07, 6.45) is -12.5. The summed E-state index contributed by atoms with van der Waals surface area (Å²) in [5.41, 5.74) is -3.16. The molecule has 3 aromatic rings. The lowest BCUT2D eigenvalue weighted by atomic mass is 10.0. The van der Waals surface area contributed by atoms with E-state index in [-0.39, 0.29) is 30.8 Å². The van der Waals surface area contributed by atoms with Crippen molar-refractivity contribution in [2.75, 3.05) is 13.2 Å². The molecule has 0 spiro atoms. The molecule has 1 saturated heterocycles. The second-order valence-corrected chi connectivity index (χ2v) is 9.73. The van der Waals surface area contributed by atoms with Gasteiger partial charge >= 0.3 is 18.0 Å². The molecule has 218 valence electrons. The minimum Gasteiger partial charge on any atom is -0.349 e. The molecule has 3 unspecified atom stereocenters. The molecular formula is C26H27F7N4O3. The average Bonchev–Trinajstić information content (AvgIpc) is 3.23. The number of H-pyrrole nitrogens is 1. The predicted molar refractivity (Wildman–Crippen MR) is 128 cm³/mol. The van der Waals surface area contributed by atoms with Crippen LogP contribution >= 0.6 is 0 Å². The van der Waals surface area contributed by atoms with Crippen molar-refractivity contribution in [1.29, 1.82) is 0 Å². The van der Waals surface area contributed by atoms with Crippen LogP contribution in [0.25, 0.3) is 0 Å². The lowest BCUT2D eigenvalue weighted by molar-refractivity contribution is -0.231. The molecule has 2 aromatic carbocycles. The summed E-state index contributed by atoms with van der Waals surface area (Å²) in [5, 5.41) is 6.51. The highest BCUT2D eigenvalue weighted by atomic mass is 19.4. The quantitative estimate of drug-likeness (QED) is 0.349. The third-order valence-electron chi connectivity index (χ3n) is 6.58. The van der Waals surface area contributed by atoms with Crippen LogP contribution in [0.4, 0.5) is 30.7 Å². The van der Waals surface area contributed by atoms with Gasteiger partial charge in [-0.1, -0.05) is 12.1 Å². The Labute approximate surface area is 224 Å². The van der Waals surface area contributed by atoms with Crippen LogP contribution in [0.3, 0.4) is 0 Å². The van der Waals surface area contributed by atoms with Crippen molar-refractivity contribution < 1.29 is 40.2 Å². The van der Waals surface area contributed by atoms with Gasteiger partial charge in [-0.25, -0.2) is 14.3 Å². The fraction of sp³-hybridized carbons (Fsp3) is 0.462. The van der Waals surface area contributed by atoms with E-state index < -0.39 is 53.4 Å². The number of benzene rings is 2. The standard InChI is InChI=1S/C26H27F7N4O3/c1-14(2)37-21(34-35-24(37)38)13-36-8-9-39-23(22(36)16-4-6-20(27)7-5-16)40-15(3)17-10-18(25(28,29)30)12-19(11-17)26(31,32)33/h4-7,10-12,14-15,22-23H,8-9,13H2,1-3H3,(H,35,38). The maximum Gasteiger partial charge on any atom is 0.416 e. The van der Waals surface area contributed by atoms with Crippen LogP contribution in [-0.2, 0) is 28.4 Å². The highest BCUT2D eigenvalue weighted by Crippen LogP contribution is 2.40. The summed E-state index contributed by atoms with van der Waals surface area (Å²) in [6.45, 7) is 5.46. The summed E-state index contributed by atoms with van der Waals surface area (Å²) in [4.78, 5) is 14.1. The maximum absolute atomic E-state index is 13.7. The number of ether oxygens (including phenoxy) is 2. The lowest BCUT2D eigenvalue weighted by Crippen LogP contribution is -2.46. The first-order valence-electron chi connectivity index (χ1n) is 12.4. The SMILES string of the molecule is CC(OC1OCCN(Cc2n[nH]c(=O)n2C(C)C)C1c1ccc(F)cc1)c1cc(C(F)(F)F)cc(C(F)(F)F)c1. The number of hydrogen-bond acceptors (Lipinski definition) is 5. The van der Waals surface area contributed by atoms with Gasteiger partial charge in [0.15, 0.2) is 6.29 Å². The van der Waals surface area contributed by atoms with Gasteiger partial charge in [-0.05, 0) is 62.2 Å². The molecule has 1 aromatic heterocycles. The van der Waals surface area contributed by atoms with E-state index in [1.807, 2.05) is 4.90 Å². The molecule has 1 aliphatic heterocycles. The van der Waals surface area contributed by atoms with E-state index in [9.17, 15) is 35.5 Å². The van der Waals surface area contributed by atoms with Crippen LogP contribution < -0.4 is 5.69 Å². The van der Waals surface area contributed by atoms with Crippen LogP contribution in [-0.4, -0.2) is 39.1 Å². The Morgan fingerprint density at radius 3 is 2.17 bits per heavy atom. The van der Waals surface area contributed by atoms with E-state index in [1.54, 1.807) is 13.8 Å². The Balaban J connectivity index is 1.69. The number of rotatable bonds is 7. The number of nitrogens with one attached hydrogen (secondary N) is 1. The van der Waals surface area contributed by atoms with Crippen molar-refractivity contribution in [3.63, 3.8) is 0 Å². The largest absolute Gasteiger partial charge is 0.416 e. The monoisotopic (exact) mass is 576 g/mol. The molecule has 14 heteroatoms. The summed E-state index contributed by atoms with van der Waals surface area (Å²) in [5.74, 6) is -0.115. The Hall–Kier alpha value is -3.23. The number of alkyl halides is 6. The Kier molecular flexibility index (Phi) is 8.43. The topological polar surface area (TPSA) is 72.4 Å². The van der Waals surface area contributed by atoms with Gasteiger partial charge in [-0.2, -0.15) is 31.4 Å².